The molecule has 0 saturated heterocycles. The Bertz CT molecular complexity index is 1210. The Morgan fingerprint density at radius 2 is 1.03 bits per heavy atom. The summed E-state index contributed by atoms with van der Waals surface area (Å²) in [5.41, 5.74) is 2.94. The zero-order valence-electron chi connectivity index (χ0n) is 21.3. The molecule has 15 aliphatic carbocycles. The molecule has 0 radical (unpaired) electrons. The molecule has 3 spiro atoms. The Hall–Kier alpha value is 0. The van der Waals surface area contributed by atoms with Gasteiger partial charge in [0.15, 0.2) is 0 Å². The first kappa shape index (κ1) is 16.9. The standard InChI is InChI=1S/C35H42/c1-2-12-5-6-14-9-15-10-17-20-22-28-24-21-23-27-19-16-7-4-11-8-13(3-1)35(27,26(19)18(11)16)30(23)25(21)29(24)34(12,28)32(22)31(20)33(14,15)17/h11-32H,1-10H2/t11?,12?,13?,14?,15?,16?,17?,18?,19?,20?,21?,22?,23?,24?,25-,26?,27?,28?,29?,30?,31?,32?,33?,34?,35?/m0/s1. The van der Waals surface area contributed by atoms with Gasteiger partial charge in [0.25, 0.3) is 0 Å². The summed E-state index contributed by atoms with van der Waals surface area (Å²) in [6.07, 6.45) is 17.0. The summed E-state index contributed by atoms with van der Waals surface area (Å²) in [6, 6.07) is 0. The molecule has 35 heavy (non-hydrogen) atoms. The first-order chi connectivity index (χ1) is 17.4. The van der Waals surface area contributed by atoms with E-state index >= 15 is 0 Å². The average molecular weight is 463 g/mol. The van der Waals surface area contributed by atoms with E-state index < -0.39 is 0 Å². The van der Waals surface area contributed by atoms with Crippen LogP contribution in [0.4, 0.5) is 0 Å². The molecule has 15 fully saturated rings. The summed E-state index contributed by atoms with van der Waals surface area (Å²) in [5, 5.41) is 0. The molecular weight excluding hydrogens is 420 g/mol. The first-order valence-corrected chi connectivity index (χ1v) is 17.4. The van der Waals surface area contributed by atoms with Gasteiger partial charge in [-0.25, -0.2) is 0 Å². The van der Waals surface area contributed by atoms with E-state index in [1.165, 1.54) is 130 Å². The van der Waals surface area contributed by atoms with Crippen molar-refractivity contribution in [1.29, 1.82) is 0 Å². The van der Waals surface area contributed by atoms with Crippen LogP contribution in [-0.4, -0.2) is 0 Å². The highest BCUT2D eigenvalue weighted by atomic mass is 15.1. The third-order valence-electron chi connectivity index (χ3n) is 21.2. The second-order valence-electron chi connectivity index (χ2n) is 18.9. The van der Waals surface area contributed by atoms with Crippen molar-refractivity contribution in [2.45, 2.75) is 64.2 Å². The molecule has 0 N–H and O–H groups in total. The molecule has 24 unspecified atom stereocenters. The van der Waals surface area contributed by atoms with Gasteiger partial charge in [-0.2, -0.15) is 0 Å². The second-order valence-corrected chi connectivity index (χ2v) is 18.9. The Morgan fingerprint density at radius 3 is 1.89 bits per heavy atom. The predicted molar refractivity (Wildman–Crippen MR) is 130 cm³/mol. The third-order valence-corrected chi connectivity index (χ3v) is 21.2. The zero-order valence-corrected chi connectivity index (χ0v) is 21.3. The van der Waals surface area contributed by atoms with E-state index in [0.29, 0.717) is 0 Å². The van der Waals surface area contributed by atoms with Crippen molar-refractivity contribution in [2.75, 3.05) is 0 Å². The molecule has 0 nitrogen and oxygen atoms in total. The van der Waals surface area contributed by atoms with E-state index in [-0.39, 0.29) is 0 Å². The lowest BCUT2D eigenvalue weighted by Crippen LogP contribution is -3.02. The van der Waals surface area contributed by atoms with Crippen LogP contribution in [0.2, 0.25) is 0 Å². The Balaban J connectivity index is 0.919. The fraction of sp³-hybridized carbons (Fsp3) is 1.00. The Morgan fingerprint density at radius 1 is 0.371 bits per heavy atom. The highest BCUT2D eigenvalue weighted by molar-refractivity contribution is 5.49. The molecule has 0 heteroatoms. The van der Waals surface area contributed by atoms with Crippen LogP contribution in [0.15, 0.2) is 0 Å². The van der Waals surface area contributed by atoms with Crippen molar-refractivity contribution in [1.82, 2.24) is 0 Å². The smallest absolute Gasteiger partial charge is 0.0167 e. The summed E-state index contributed by atoms with van der Waals surface area (Å²) in [5.74, 6) is 28.2. The van der Waals surface area contributed by atoms with Crippen LogP contribution in [0, 0.1) is 146 Å². The monoisotopic (exact) mass is 462 g/mol. The Labute approximate surface area is 210 Å². The van der Waals surface area contributed by atoms with Crippen LogP contribution in [0.5, 0.6) is 0 Å². The maximum Gasteiger partial charge on any atom is -0.0167 e. The molecule has 0 aromatic rings. The van der Waals surface area contributed by atoms with Crippen molar-refractivity contribution in [3.8, 4) is 0 Å². The number of hydrogen-bond donors (Lipinski definition) is 0. The Kier molecular flexibility index (Phi) is 2.02. The number of hydrogen-bond acceptors (Lipinski definition) is 0. The minimum atomic E-state index is 0.966. The average Bonchev–Trinajstić information content (AvgIpc) is 3.17. The van der Waals surface area contributed by atoms with Crippen molar-refractivity contribution >= 4 is 0 Å². The van der Waals surface area contributed by atoms with Gasteiger partial charge in [-0.3, -0.25) is 0 Å². The molecule has 0 heterocycles. The fourth-order valence-electron chi connectivity index (χ4n) is 22.1. The molecule has 15 aliphatic rings. The summed E-state index contributed by atoms with van der Waals surface area (Å²) in [7, 11) is 0. The quantitative estimate of drug-likeness (QED) is 0.380. The van der Waals surface area contributed by atoms with E-state index in [0.717, 1.165) is 16.2 Å². The number of fused-ring (bicyclic) bond motifs is 9. The lowest BCUT2D eigenvalue weighted by molar-refractivity contribution is -0.588. The molecule has 15 rings (SSSR count). The zero-order chi connectivity index (χ0) is 21.3. The molecule has 0 bridgehead atoms. The lowest BCUT2D eigenvalue weighted by atomic mass is 8.99. The normalized spacial score (nSPS) is 91.2. The topological polar surface area (TPSA) is 0 Å². The second kappa shape index (κ2) is 4.19. The number of rotatable bonds is 0. The summed E-state index contributed by atoms with van der Waals surface area (Å²) >= 11 is 0. The van der Waals surface area contributed by atoms with Gasteiger partial charge < -0.3 is 0 Å². The molecule has 0 aliphatic heterocycles. The predicted octanol–water partition coefficient (Wildman–Crippen LogP) is 6.61. The molecule has 0 aromatic carbocycles. The minimum Gasteiger partial charge on any atom is -0.0527 e. The van der Waals surface area contributed by atoms with Crippen LogP contribution in [0.1, 0.15) is 64.2 Å². The lowest BCUT2D eigenvalue weighted by Gasteiger charge is -3.05. The van der Waals surface area contributed by atoms with E-state index in [1.807, 2.05) is 0 Å². The largest absolute Gasteiger partial charge is 0.0527 e. The van der Waals surface area contributed by atoms with E-state index in [1.54, 1.807) is 64.2 Å². The van der Waals surface area contributed by atoms with Gasteiger partial charge in [-0.15, -0.1) is 0 Å². The van der Waals surface area contributed by atoms with Crippen LogP contribution in [0.25, 0.3) is 0 Å². The highest BCUT2D eigenvalue weighted by Crippen LogP contribution is 3.06. The third kappa shape index (κ3) is 1.03. The van der Waals surface area contributed by atoms with Crippen molar-refractivity contribution < 1.29 is 0 Å². The summed E-state index contributed by atoms with van der Waals surface area (Å²) in [6.45, 7) is 0. The van der Waals surface area contributed by atoms with Crippen molar-refractivity contribution in [2.24, 2.45) is 146 Å². The first-order valence-electron chi connectivity index (χ1n) is 17.4. The van der Waals surface area contributed by atoms with Crippen LogP contribution in [-0.2, 0) is 0 Å². The van der Waals surface area contributed by atoms with E-state index in [4.69, 9.17) is 0 Å². The minimum absolute atomic E-state index is 0.966. The summed E-state index contributed by atoms with van der Waals surface area (Å²) < 4.78 is 0. The molecule has 0 amide bonds. The summed E-state index contributed by atoms with van der Waals surface area (Å²) in [4.78, 5) is 0. The maximum atomic E-state index is 1.73. The van der Waals surface area contributed by atoms with Gasteiger partial charge >= 0.3 is 0 Å². The molecule has 182 valence electrons. The van der Waals surface area contributed by atoms with Gasteiger partial charge in [0.2, 0.25) is 0 Å². The van der Waals surface area contributed by atoms with E-state index in [9.17, 15) is 0 Å². The van der Waals surface area contributed by atoms with Gasteiger partial charge in [0, 0.05) is 0 Å². The fourth-order valence-corrected chi connectivity index (χ4v) is 22.1. The van der Waals surface area contributed by atoms with Crippen molar-refractivity contribution in [3.63, 3.8) is 0 Å². The molecule has 25 atom stereocenters. The van der Waals surface area contributed by atoms with Gasteiger partial charge in [-0.05, 0) is 204 Å². The van der Waals surface area contributed by atoms with E-state index in [2.05, 4.69) is 0 Å². The van der Waals surface area contributed by atoms with Crippen LogP contribution < -0.4 is 0 Å². The van der Waals surface area contributed by atoms with Gasteiger partial charge in [-0.1, -0.05) is 6.42 Å². The van der Waals surface area contributed by atoms with Gasteiger partial charge in [0.05, 0.1) is 0 Å². The SMILES string of the molecule is C1CC2CC3CCC4C3C3C4C4C5C6C7C8C9C%10C%11CC%12CC%13CCC(C1)C8(C9C%10C%13%12%11)C7[C@H]6C5C234. The highest BCUT2D eigenvalue weighted by Gasteiger charge is 3.02. The van der Waals surface area contributed by atoms with Crippen molar-refractivity contribution in [3.05, 3.63) is 0 Å². The maximum absolute atomic E-state index is 1.73. The molecule has 15 saturated carbocycles. The molecule has 0 aromatic heterocycles. The van der Waals surface area contributed by atoms with Gasteiger partial charge in [0.1, 0.15) is 0 Å². The van der Waals surface area contributed by atoms with Crippen LogP contribution >= 0.6 is 0 Å². The molecular formula is C35H42. The van der Waals surface area contributed by atoms with Crippen LogP contribution in [0.3, 0.4) is 0 Å².